The van der Waals surface area contributed by atoms with E-state index < -0.39 is 0 Å². The maximum absolute atomic E-state index is 13.2. The SMILES string of the molecule is COc1cc(OC)c(NC(=O)c2nn(-c3cccc(Br)c3)c3c2CCCC3)cc1Cl. The molecule has 1 heterocycles. The summed E-state index contributed by atoms with van der Waals surface area (Å²) in [6.07, 6.45) is 3.83. The van der Waals surface area contributed by atoms with Crippen molar-refractivity contribution >= 4 is 39.1 Å². The zero-order valence-electron chi connectivity index (χ0n) is 16.7. The summed E-state index contributed by atoms with van der Waals surface area (Å²) in [5, 5.41) is 7.99. The molecule has 0 atom stereocenters. The zero-order valence-corrected chi connectivity index (χ0v) is 19.0. The van der Waals surface area contributed by atoms with E-state index in [2.05, 4.69) is 21.2 Å². The first-order valence-corrected chi connectivity index (χ1v) is 10.8. The number of ether oxygens (including phenoxy) is 2. The molecule has 2 aromatic carbocycles. The summed E-state index contributed by atoms with van der Waals surface area (Å²) in [7, 11) is 3.06. The average molecular weight is 491 g/mol. The van der Waals surface area contributed by atoms with Crippen molar-refractivity contribution in [3.05, 3.63) is 62.8 Å². The maximum atomic E-state index is 13.2. The molecule has 0 spiro atoms. The number of benzene rings is 2. The minimum absolute atomic E-state index is 0.290. The Kier molecular flexibility index (Phi) is 6.01. The molecule has 6 nitrogen and oxygen atoms in total. The van der Waals surface area contributed by atoms with Gasteiger partial charge in [-0.25, -0.2) is 4.68 Å². The number of amides is 1. The van der Waals surface area contributed by atoms with Crippen molar-refractivity contribution in [2.75, 3.05) is 19.5 Å². The van der Waals surface area contributed by atoms with Gasteiger partial charge < -0.3 is 14.8 Å². The van der Waals surface area contributed by atoms with Gasteiger partial charge in [0.1, 0.15) is 11.5 Å². The Morgan fingerprint density at radius 3 is 2.63 bits per heavy atom. The highest BCUT2D eigenvalue weighted by molar-refractivity contribution is 9.10. The van der Waals surface area contributed by atoms with Crippen LogP contribution in [-0.4, -0.2) is 29.9 Å². The summed E-state index contributed by atoms with van der Waals surface area (Å²) in [4.78, 5) is 13.2. The van der Waals surface area contributed by atoms with Crippen LogP contribution in [-0.2, 0) is 12.8 Å². The van der Waals surface area contributed by atoms with E-state index >= 15 is 0 Å². The largest absolute Gasteiger partial charge is 0.495 e. The highest BCUT2D eigenvalue weighted by Crippen LogP contribution is 2.36. The minimum atomic E-state index is -0.290. The molecule has 8 heteroatoms. The lowest BCUT2D eigenvalue weighted by molar-refractivity contribution is 0.102. The van der Waals surface area contributed by atoms with Crippen molar-refractivity contribution in [1.82, 2.24) is 9.78 Å². The number of hydrogen-bond donors (Lipinski definition) is 1. The van der Waals surface area contributed by atoms with Gasteiger partial charge >= 0.3 is 0 Å². The molecule has 1 N–H and O–H groups in total. The van der Waals surface area contributed by atoms with Crippen molar-refractivity contribution in [2.24, 2.45) is 0 Å². The van der Waals surface area contributed by atoms with Crippen LogP contribution in [0.25, 0.3) is 5.69 Å². The lowest BCUT2D eigenvalue weighted by atomic mass is 9.95. The minimum Gasteiger partial charge on any atom is -0.495 e. The van der Waals surface area contributed by atoms with E-state index in [1.54, 1.807) is 12.1 Å². The Morgan fingerprint density at radius 2 is 1.90 bits per heavy atom. The van der Waals surface area contributed by atoms with Crippen molar-refractivity contribution in [1.29, 1.82) is 0 Å². The van der Waals surface area contributed by atoms with Crippen LogP contribution in [0.2, 0.25) is 5.02 Å². The van der Waals surface area contributed by atoms with E-state index in [1.165, 1.54) is 14.2 Å². The lowest BCUT2D eigenvalue weighted by Crippen LogP contribution is -2.16. The molecule has 156 valence electrons. The Labute approximate surface area is 188 Å². The maximum Gasteiger partial charge on any atom is 0.276 e. The second kappa shape index (κ2) is 8.70. The molecule has 0 radical (unpaired) electrons. The molecule has 4 rings (SSSR count). The summed E-state index contributed by atoms with van der Waals surface area (Å²) >= 11 is 9.76. The Hall–Kier alpha value is -2.51. The summed E-state index contributed by atoms with van der Waals surface area (Å²) < 4.78 is 13.5. The summed E-state index contributed by atoms with van der Waals surface area (Å²) in [5.74, 6) is 0.647. The molecule has 3 aromatic rings. The van der Waals surface area contributed by atoms with Crippen LogP contribution in [0.4, 0.5) is 5.69 Å². The number of anilines is 1. The quantitative estimate of drug-likeness (QED) is 0.517. The molecule has 1 aliphatic carbocycles. The van der Waals surface area contributed by atoms with Crippen LogP contribution in [0, 0.1) is 0 Å². The molecule has 1 amide bonds. The van der Waals surface area contributed by atoms with Gasteiger partial charge in [-0.2, -0.15) is 5.10 Å². The number of methoxy groups -OCH3 is 2. The number of carbonyl (C=O) groups is 1. The monoisotopic (exact) mass is 489 g/mol. The highest BCUT2D eigenvalue weighted by Gasteiger charge is 2.26. The summed E-state index contributed by atoms with van der Waals surface area (Å²) in [5.41, 5.74) is 3.90. The summed E-state index contributed by atoms with van der Waals surface area (Å²) in [6.45, 7) is 0. The van der Waals surface area contributed by atoms with Crippen molar-refractivity contribution in [3.63, 3.8) is 0 Å². The number of nitrogens with one attached hydrogen (secondary N) is 1. The molecular formula is C22H21BrClN3O3. The third kappa shape index (κ3) is 3.91. The van der Waals surface area contributed by atoms with Crippen LogP contribution in [0.1, 0.15) is 34.6 Å². The van der Waals surface area contributed by atoms with E-state index in [1.807, 2.05) is 28.9 Å². The van der Waals surface area contributed by atoms with Gasteiger partial charge in [0, 0.05) is 21.8 Å². The van der Waals surface area contributed by atoms with Crippen LogP contribution >= 0.6 is 27.5 Å². The first kappa shape index (κ1) is 20.8. The van der Waals surface area contributed by atoms with Gasteiger partial charge in [0.15, 0.2) is 5.69 Å². The van der Waals surface area contributed by atoms with Crippen LogP contribution in [0.15, 0.2) is 40.9 Å². The van der Waals surface area contributed by atoms with E-state index in [0.29, 0.717) is 27.9 Å². The molecule has 0 aliphatic heterocycles. The topological polar surface area (TPSA) is 65.4 Å². The number of hydrogen-bond acceptors (Lipinski definition) is 4. The molecule has 0 fully saturated rings. The van der Waals surface area contributed by atoms with Crippen LogP contribution in [0.3, 0.4) is 0 Å². The average Bonchev–Trinajstić information content (AvgIpc) is 3.14. The fraction of sp³-hybridized carbons (Fsp3) is 0.273. The van der Waals surface area contributed by atoms with Gasteiger partial charge in [-0.3, -0.25) is 4.79 Å². The van der Waals surface area contributed by atoms with Crippen LogP contribution in [0.5, 0.6) is 11.5 Å². The number of rotatable bonds is 5. The fourth-order valence-electron chi connectivity index (χ4n) is 3.74. The Morgan fingerprint density at radius 1 is 1.13 bits per heavy atom. The van der Waals surface area contributed by atoms with Crippen molar-refractivity contribution in [2.45, 2.75) is 25.7 Å². The van der Waals surface area contributed by atoms with Crippen molar-refractivity contribution < 1.29 is 14.3 Å². The van der Waals surface area contributed by atoms with Gasteiger partial charge in [-0.1, -0.05) is 33.6 Å². The molecule has 0 unspecified atom stereocenters. The number of fused-ring (bicyclic) bond motifs is 1. The molecular weight excluding hydrogens is 470 g/mol. The van der Waals surface area contributed by atoms with Gasteiger partial charge in [-0.15, -0.1) is 0 Å². The molecule has 0 saturated carbocycles. The second-order valence-electron chi connectivity index (χ2n) is 7.01. The Bertz CT molecular complexity index is 1110. The lowest BCUT2D eigenvalue weighted by Gasteiger charge is -2.15. The van der Waals surface area contributed by atoms with E-state index in [9.17, 15) is 4.79 Å². The normalized spacial score (nSPS) is 12.9. The zero-order chi connectivity index (χ0) is 21.3. The highest BCUT2D eigenvalue weighted by atomic mass is 79.9. The predicted octanol–water partition coefficient (Wildman–Crippen LogP) is 5.44. The molecule has 1 aromatic heterocycles. The first-order chi connectivity index (χ1) is 14.5. The second-order valence-corrected chi connectivity index (χ2v) is 8.34. The third-order valence-corrected chi connectivity index (χ3v) is 5.96. The van der Waals surface area contributed by atoms with Gasteiger partial charge in [0.2, 0.25) is 0 Å². The van der Waals surface area contributed by atoms with E-state index in [-0.39, 0.29) is 5.91 Å². The standard InChI is InChI=1S/C22H21BrClN3O3/c1-29-19-12-20(30-2)17(11-16(19)24)25-22(28)21-15-8-3-4-9-18(15)27(26-21)14-7-5-6-13(23)10-14/h5-7,10-12H,3-4,8-9H2,1-2H3,(H,25,28). The third-order valence-electron chi connectivity index (χ3n) is 5.17. The number of carbonyl (C=O) groups excluding carboxylic acids is 1. The van der Waals surface area contributed by atoms with Gasteiger partial charge in [0.25, 0.3) is 5.91 Å². The molecule has 30 heavy (non-hydrogen) atoms. The molecule has 0 bridgehead atoms. The fourth-order valence-corrected chi connectivity index (χ4v) is 4.37. The summed E-state index contributed by atoms with van der Waals surface area (Å²) in [6, 6.07) is 11.2. The van der Waals surface area contributed by atoms with Gasteiger partial charge in [-0.05, 0) is 49.9 Å². The van der Waals surface area contributed by atoms with E-state index in [4.69, 9.17) is 26.2 Å². The van der Waals surface area contributed by atoms with Crippen molar-refractivity contribution in [3.8, 4) is 17.2 Å². The number of halogens is 2. The number of nitrogens with zero attached hydrogens (tertiary/aromatic N) is 2. The molecule has 0 saturated heterocycles. The predicted molar refractivity (Wildman–Crippen MR) is 120 cm³/mol. The van der Waals surface area contributed by atoms with Gasteiger partial charge in [0.05, 0.1) is 30.6 Å². The number of aromatic nitrogens is 2. The first-order valence-electron chi connectivity index (χ1n) is 9.61. The van der Waals surface area contributed by atoms with E-state index in [0.717, 1.165) is 47.1 Å². The molecule has 1 aliphatic rings. The smallest absolute Gasteiger partial charge is 0.276 e. The van der Waals surface area contributed by atoms with Crippen LogP contribution < -0.4 is 14.8 Å². The Balaban J connectivity index is 1.73.